The molecule has 0 saturated heterocycles. The highest BCUT2D eigenvalue weighted by Gasteiger charge is 2.24. The zero-order valence-corrected chi connectivity index (χ0v) is 9.51. The average molecular weight is 250 g/mol. The monoisotopic (exact) mass is 250 g/mol. The van der Waals surface area contributed by atoms with Gasteiger partial charge in [-0.2, -0.15) is 0 Å². The first-order valence-corrected chi connectivity index (χ1v) is 5.66. The van der Waals surface area contributed by atoms with E-state index < -0.39 is 7.82 Å². The smallest absolute Gasteiger partial charge is 0.290 e. The lowest BCUT2D eigenvalue weighted by molar-refractivity contribution is 0.137. The van der Waals surface area contributed by atoms with E-state index in [0.717, 1.165) is 7.11 Å². The molecule has 0 amide bonds. The first-order valence-electron chi connectivity index (χ1n) is 4.20. The van der Waals surface area contributed by atoms with Gasteiger partial charge < -0.3 is 0 Å². The van der Waals surface area contributed by atoms with Crippen LogP contribution in [-0.2, 0) is 27.7 Å². The van der Waals surface area contributed by atoms with E-state index in [0.29, 0.717) is 0 Å². The summed E-state index contributed by atoms with van der Waals surface area (Å²) in [4.78, 5) is 25.8. The SMILES string of the molecule is COP(=O)(OCCN=C=O)OCCN=C=O. The summed E-state index contributed by atoms with van der Waals surface area (Å²) < 4.78 is 25.6. The highest BCUT2D eigenvalue weighted by Crippen LogP contribution is 2.48. The van der Waals surface area contributed by atoms with E-state index in [9.17, 15) is 14.2 Å². The first kappa shape index (κ1) is 14.9. The molecule has 9 heteroatoms. The molecule has 0 unspecified atom stereocenters. The number of carbonyl (C=O) groups excluding carboxylic acids is 2. The first-order chi connectivity index (χ1) is 7.68. The summed E-state index contributed by atoms with van der Waals surface area (Å²) in [5.74, 6) is 0. The van der Waals surface area contributed by atoms with Gasteiger partial charge in [-0.25, -0.2) is 24.1 Å². The van der Waals surface area contributed by atoms with E-state index in [1.807, 2.05) is 0 Å². The van der Waals surface area contributed by atoms with Crippen LogP contribution in [0.25, 0.3) is 0 Å². The number of phosphoric acid groups is 1. The van der Waals surface area contributed by atoms with Crippen molar-refractivity contribution in [3.63, 3.8) is 0 Å². The lowest BCUT2D eigenvalue weighted by Gasteiger charge is -2.14. The number of hydrogen-bond acceptors (Lipinski definition) is 8. The van der Waals surface area contributed by atoms with Gasteiger partial charge in [0.25, 0.3) is 0 Å². The third kappa shape index (κ3) is 7.20. The summed E-state index contributed by atoms with van der Waals surface area (Å²) in [6.45, 7) is -0.186. The predicted molar refractivity (Wildman–Crippen MR) is 52.5 cm³/mol. The Hall–Kier alpha value is -1.13. The zero-order chi connectivity index (χ0) is 12.3. The minimum atomic E-state index is -3.66. The van der Waals surface area contributed by atoms with Crippen LogP contribution in [0.2, 0.25) is 0 Å². The van der Waals surface area contributed by atoms with Crippen molar-refractivity contribution in [2.75, 3.05) is 33.4 Å². The lowest BCUT2D eigenvalue weighted by Crippen LogP contribution is -2.04. The molecule has 0 aromatic heterocycles. The van der Waals surface area contributed by atoms with Gasteiger partial charge in [0.2, 0.25) is 12.2 Å². The van der Waals surface area contributed by atoms with E-state index >= 15 is 0 Å². The van der Waals surface area contributed by atoms with Crippen LogP contribution in [0.3, 0.4) is 0 Å². The summed E-state index contributed by atoms with van der Waals surface area (Å²) in [7, 11) is -2.51. The van der Waals surface area contributed by atoms with Gasteiger partial charge in [0.1, 0.15) is 0 Å². The fraction of sp³-hybridized carbons (Fsp3) is 0.714. The summed E-state index contributed by atoms with van der Waals surface area (Å²) in [6, 6.07) is 0. The van der Waals surface area contributed by atoms with Crippen molar-refractivity contribution in [3.8, 4) is 0 Å². The number of nitrogens with zero attached hydrogens (tertiary/aromatic N) is 2. The second-order valence-corrected chi connectivity index (χ2v) is 4.02. The molecule has 0 rings (SSSR count). The van der Waals surface area contributed by atoms with Crippen LogP contribution in [0.15, 0.2) is 9.98 Å². The maximum absolute atomic E-state index is 11.6. The van der Waals surface area contributed by atoms with E-state index in [1.54, 1.807) is 0 Å². The van der Waals surface area contributed by atoms with Crippen LogP contribution < -0.4 is 0 Å². The lowest BCUT2D eigenvalue weighted by atomic mass is 10.7. The Labute approximate surface area is 91.9 Å². The molecular formula is C7H11N2O6P. The fourth-order valence-electron chi connectivity index (χ4n) is 0.631. The van der Waals surface area contributed by atoms with Crippen molar-refractivity contribution in [1.82, 2.24) is 0 Å². The number of hydrogen-bond donors (Lipinski definition) is 0. The Kier molecular flexibility index (Phi) is 8.48. The maximum atomic E-state index is 11.6. The van der Waals surface area contributed by atoms with Crippen molar-refractivity contribution in [3.05, 3.63) is 0 Å². The maximum Gasteiger partial charge on any atom is 0.474 e. The molecule has 0 aromatic rings. The third-order valence-electron chi connectivity index (χ3n) is 1.26. The van der Waals surface area contributed by atoms with E-state index in [-0.39, 0.29) is 26.3 Å². The Morgan fingerprint density at radius 3 is 1.81 bits per heavy atom. The molecule has 0 aliphatic heterocycles. The second kappa shape index (κ2) is 9.12. The molecule has 0 heterocycles. The normalized spacial score (nSPS) is 13.3. The van der Waals surface area contributed by atoms with Crippen LogP contribution in [0.1, 0.15) is 0 Å². The number of phosphoric ester groups is 1. The Balaban J connectivity index is 3.94. The molecule has 90 valence electrons. The summed E-state index contributed by atoms with van der Waals surface area (Å²) in [5.41, 5.74) is 0. The minimum Gasteiger partial charge on any atom is -0.290 e. The molecule has 0 aliphatic rings. The molecule has 0 saturated carbocycles. The number of isocyanates is 2. The quantitative estimate of drug-likeness (QED) is 0.254. The van der Waals surface area contributed by atoms with Gasteiger partial charge >= 0.3 is 7.82 Å². The van der Waals surface area contributed by atoms with E-state index in [2.05, 4.69) is 14.5 Å². The van der Waals surface area contributed by atoms with Gasteiger partial charge in [0.05, 0.1) is 26.3 Å². The number of rotatable bonds is 9. The summed E-state index contributed by atoms with van der Waals surface area (Å²) in [5, 5.41) is 0. The Morgan fingerprint density at radius 1 is 1.06 bits per heavy atom. The fourth-order valence-corrected chi connectivity index (χ4v) is 1.53. The average Bonchev–Trinajstić information content (AvgIpc) is 2.31. The van der Waals surface area contributed by atoms with E-state index in [1.165, 1.54) is 12.2 Å². The molecule has 8 nitrogen and oxygen atoms in total. The Bertz CT molecular complexity index is 306. The Morgan fingerprint density at radius 2 is 1.50 bits per heavy atom. The van der Waals surface area contributed by atoms with Gasteiger partial charge in [-0.1, -0.05) is 0 Å². The van der Waals surface area contributed by atoms with Crippen molar-refractivity contribution in [1.29, 1.82) is 0 Å². The molecule has 16 heavy (non-hydrogen) atoms. The van der Waals surface area contributed by atoms with Crippen LogP contribution in [0.5, 0.6) is 0 Å². The van der Waals surface area contributed by atoms with Crippen LogP contribution in [-0.4, -0.2) is 45.6 Å². The molecular weight excluding hydrogens is 239 g/mol. The van der Waals surface area contributed by atoms with Crippen LogP contribution >= 0.6 is 7.82 Å². The van der Waals surface area contributed by atoms with Crippen molar-refractivity contribution >= 4 is 20.0 Å². The largest absolute Gasteiger partial charge is 0.474 e. The molecule has 0 spiro atoms. The molecule has 0 fully saturated rings. The minimum absolute atomic E-state index is 0.00665. The van der Waals surface area contributed by atoms with Gasteiger partial charge in [0, 0.05) is 7.11 Å². The van der Waals surface area contributed by atoms with Crippen molar-refractivity contribution in [2.45, 2.75) is 0 Å². The molecule has 0 aromatic carbocycles. The number of aliphatic imine (C=N–C) groups is 2. The van der Waals surface area contributed by atoms with Crippen LogP contribution in [0, 0.1) is 0 Å². The van der Waals surface area contributed by atoms with Gasteiger partial charge in [0.15, 0.2) is 0 Å². The second-order valence-electron chi connectivity index (χ2n) is 2.24. The van der Waals surface area contributed by atoms with Crippen molar-refractivity contribution in [2.24, 2.45) is 9.98 Å². The molecule has 0 atom stereocenters. The summed E-state index contributed by atoms with van der Waals surface area (Å²) in [6.07, 6.45) is 2.60. The van der Waals surface area contributed by atoms with Crippen molar-refractivity contribution < 1.29 is 27.7 Å². The predicted octanol–water partition coefficient (Wildman–Crippen LogP) is 0.446. The van der Waals surface area contributed by atoms with Crippen LogP contribution in [0.4, 0.5) is 0 Å². The standard InChI is InChI=1S/C7H11N2O6P/c1-13-16(12,14-4-2-8-6-10)15-5-3-9-7-11/h2-5H2,1H3. The zero-order valence-electron chi connectivity index (χ0n) is 8.62. The molecule has 0 N–H and O–H groups in total. The van der Waals surface area contributed by atoms with E-state index in [4.69, 9.17) is 9.05 Å². The summed E-state index contributed by atoms with van der Waals surface area (Å²) >= 11 is 0. The molecule has 0 radical (unpaired) electrons. The highest BCUT2D eigenvalue weighted by molar-refractivity contribution is 7.48. The van der Waals surface area contributed by atoms with Gasteiger partial charge in [-0.15, -0.1) is 0 Å². The highest BCUT2D eigenvalue weighted by atomic mass is 31.2. The third-order valence-corrected chi connectivity index (χ3v) is 2.70. The molecule has 0 aliphatic carbocycles. The van der Waals surface area contributed by atoms with Gasteiger partial charge in [-0.3, -0.25) is 13.6 Å². The topological polar surface area (TPSA) is 104 Å². The van der Waals surface area contributed by atoms with Gasteiger partial charge in [-0.05, 0) is 0 Å². The molecule has 0 bridgehead atoms.